The van der Waals surface area contributed by atoms with Gasteiger partial charge >= 0.3 is 0 Å². The maximum atomic E-state index is 10.8. The summed E-state index contributed by atoms with van der Waals surface area (Å²) in [5.41, 5.74) is 1.19. The minimum atomic E-state index is 0.572. The summed E-state index contributed by atoms with van der Waals surface area (Å²) in [7, 11) is 0. The molecule has 4 heteroatoms. The van der Waals surface area contributed by atoms with Crippen LogP contribution in [0, 0.1) is 5.21 Å². The molecule has 2 rings (SSSR count). The Kier molecular flexibility index (Phi) is 0.887. The van der Waals surface area contributed by atoms with Crippen molar-refractivity contribution in [2.75, 3.05) is 0 Å². The van der Waals surface area contributed by atoms with E-state index in [2.05, 4.69) is 9.97 Å². The first-order valence-corrected chi connectivity index (χ1v) is 2.89. The van der Waals surface area contributed by atoms with Crippen molar-refractivity contribution >= 4 is 11.2 Å². The Balaban J connectivity index is 2.93. The second-order valence-corrected chi connectivity index (χ2v) is 1.97. The molecule has 0 aromatic carbocycles. The minimum absolute atomic E-state index is 0.572. The summed E-state index contributed by atoms with van der Waals surface area (Å²) in [6.07, 6.45) is 2.97. The standard InChI is InChI=1S/C6H5N3O/c10-9-4-8-6-5(9)2-1-3-7-6/h1-4H,(H,7,8). The van der Waals surface area contributed by atoms with Gasteiger partial charge in [0.2, 0.25) is 6.33 Å². The number of nitrogens with one attached hydrogen (secondary N) is 1. The van der Waals surface area contributed by atoms with E-state index < -0.39 is 0 Å². The van der Waals surface area contributed by atoms with Crippen LogP contribution in [-0.4, -0.2) is 9.97 Å². The van der Waals surface area contributed by atoms with Gasteiger partial charge < -0.3 is 5.21 Å². The number of imidazole rings is 1. The van der Waals surface area contributed by atoms with E-state index in [1.54, 1.807) is 18.3 Å². The second-order valence-electron chi connectivity index (χ2n) is 1.97. The third kappa shape index (κ3) is 0.556. The molecule has 2 heterocycles. The third-order valence-electron chi connectivity index (χ3n) is 1.34. The molecule has 1 N–H and O–H groups in total. The number of hydrogen-bond acceptors (Lipinski definition) is 2. The maximum absolute atomic E-state index is 10.8. The van der Waals surface area contributed by atoms with Crippen LogP contribution in [-0.2, 0) is 0 Å². The van der Waals surface area contributed by atoms with Gasteiger partial charge in [0.05, 0.1) is 0 Å². The van der Waals surface area contributed by atoms with E-state index >= 15 is 0 Å². The predicted octanol–water partition coefficient (Wildman–Crippen LogP) is 0.196. The third-order valence-corrected chi connectivity index (χ3v) is 1.34. The number of aromatic amines is 1. The van der Waals surface area contributed by atoms with Crippen molar-refractivity contribution < 1.29 is 4.73 Å². The molecule has 0 fully saturated rings. The van der Waals surface area contributed by atoms with Gasteiger partial charge in [-0.1, -0.05) is 0 Å². The highest BCUT2D eigenvalue weighted by Crippen LogP contribution is 1.99. The number of fused-ring (bicyclic) bond motifs is 1. The molecule has 0 atom stereocenters. The van der Waals surface area contributed by atoms with Crippen LogP contribution in [0.4, 0.5) is 0 Å². The highest BCUT2D eigenvalue weighted by atomic mass is 16.5. The number of H-pyrrole nitrogens is 1. The van der Waals surface area contributed by atoms with Gasteiger partial charge in [-0.15, -0.1) is 0 Å². The van der Waals surface area contributed by atoms with E-state index in [1.807, 2.05) is 0 Å². The van der Waals surface area contributed by atoms with Crippen LogP contribution in [0.1, 0.15) is 0 Å². The lowest BCUT2D eigenvalue weighted by Crippen LogP contribution is -2.22. The average Bonchev–Trinajstić information content (AvgIpc) is 2.34. The first-order valence-electron chi connectivity index (χ1n) is 2.89. The Hall–Kier alpha value is -1.58. The summed E-state index contributed by atoms with van der Waals surface area (Å²) >= 11 is 0. The highest BCUT2D eigenvalue weighted by Gasteiger charge is 2.01. The van der Waals surface area contributed by atoms with E-state index in [4.69, 9.17) is 0 Å². The molecule has 2 aromatic heterocycles. The normalized spacial score (nSPS) is 10.4. The van der Waals surface area contributed by atoms with E-state index in [-0.39, 0.29) is 0 Å². The zero-order chi connectivity index (χ0) is 6.97. The first kappa shape index (κ1) is 5.22. The van der Waals surface area contributed by atoms with Crippen LogP contribution in [0.5, 0.6) is 0 Å². The van der Waals surface area contributed by atoms with Gasteiger partial charge in [0, 0.05) is 6.20 Å². The summed E-state index contributed by atoms with van der Waals surface area (Å²) < 4.78 is 0.752. The molecule has 0 aliphatic heterocycles. The molecular formula is C6H5N3O. The Bertz CT molecular complexity index is 355. The van der Waals surface area contributed by atoms with Crippen molar-refractivity contribution in [2.45, 2.75) is 0 Å². The molecule has 50 valence electrons. The number of pyridine rings is 1. The lowest BCUT2D eigenvalue weighted by Gasteiger charge is -1.92. The largest absolute Gasteiger partial charge is 0.710 e. The van der Waals surface area contributed by atoms with Crippen molar-refractivity contribution in [3.63, 3.8) is 0 Å². The van der Waals surface area contributed by atoms with Crippen LogP contribution in [0.25, 0.3) is 11.2 Å². The van der Waals surface area contributed by atoms with Gasteiger partial charge in [0.25, 0.3) is 5.65 Å². The quantitative estimate of drug-likeness (QED) is 0.414. The fourth-order valence-electron chi connectivity index (χ4n) is 0.875. The number of rotatable bonds is 0. The zero-order valence-electron chi connectivity index (χ0n) is 5.11. The highest BCUT2D eigenvalue weighted by molar-refractivity contribution is 5.64. The summed E-state index contributed by atoms with van der Waals surface area (Å²) in [4.78, 5) is 6.65. The van der Waals surface area contributed by atoms with Gasteiger partial charge in [-0.3, -0.25) is 0 Å². The summed E-state index contributed by atoms with van der Waals surface area (Å²) in [6.45, 7) is 0. The topological polar surface area (TPSA) is 55.6 Å². The molecule has 0 aliphatic carbocycles. The van der Waals surface area contributed by atoms with Crippen LogP contribution in [0.2, 0.25) is 0 Å². The molecule has 10 heavy (non-hydrogen) atoms. The molecule has 0 spiro atoms. The van der Waals surface area contributed by atoms with E-state index in [9.17, 15) is 5.21 Å². The Labute approximate surface area is 56.7 Å². The smallest absolute Gasteiger partial charge is 0.266 e. The van der Waals surface area contributed by atoms with Crippen LogP contribution >= 0.6 is 0 Å². The SMILES string of the molecule is [O-][n+]1c[nH]c2ncccc21. The summed E-state index contributed by atoms with van der Waals surface area (Å²) in [5.74, 6) is 0. The van der Waals surface area contributed by atoms with E-state index in [0.717, 1.165) is 4.73 Å². The second kappa shape index (κ2) is 1.70. The van der Waals surface area contributed by atoms with Crippen LogP contribution < -0.4 is 4.73 Å². The average molecular weight is 135 g/mol. The number of aromatic nitrogens is 3. The fraction of sp³-hybridized carbons (Fsp3) is 0. The Morgan fingerprint density at radius 1 is 1.60 bits per heavy atom. The van der Waals surface area contributed by atoms with E-state index in [0.29, 0.717) is 11.2 Å². The fourth-order valence-corrected chi connectivity index (χ4v) is 0.875. The van der Waals surface area contributed by atoms with Crippen molar-refractivity contribution in [3.05, 3.63) is 29.9 Å². The molecule has 0 saturated carbocycles. The Morgan fingerprint density at radius 3 is 3.30 bits per heavy atom. The molecule has 0 aliphatic rings. The zero-order valence-corrected chi connectivity index (χ0v) is 5.11. The predicted molar refractivity (Wildman–Crippen MR) is 35.1 cm³/mol. The summed E-state index contributed by atoms with van der Waals surface area (Å²) in [6, 6.07) is 3.44. The molecule has 0 amide bonds. The molecule has 0 bridgehead atoms. The van der Waals surface area contributed by atoms with Gasteiger partial charge in [0.1, 0.15) is 0 Å². The van der Waals surface area contributed by atoms with E-state index in [1.165, 1.54) is 6.33 Å². The lowest BCUT2D eigenvalue weighted by atomic mass is 10.4. The Morgan fingerprint density at radius 2 is 2.50 bits per heavy atom. The molecule has 0 radical (unpaired) electrons. The van der Waals surface area contributed by atoms with Crippen molar-refractivity contribution in [1.29, 1.82) is 0 Å². The number of nitrogens with zero attached hydrogens (tertiary/aromatic N) is 2. The van der Waals surface area contributed by atoms with Gasteiger partial charge in [-0.25, -0.2) is 14.7 Å². The molecule has 2 aromatic rings. The molecule has 0 saturated heterocycles. The monoisotopic (exact) mass is 135 g/mol. The lowest BCUT2D eigenvalue weighted by molar-refractivity contribution is -0.576. The van der Waals surface area contributed by atoms with Crippen molar-refractivity contribution in [3.8, 4) is 0 Å². The van der Waals surface area contributed by atoms with Crippen molar-refractivity contribution in [2.24, 2.45) is 0 Å². The van der Waals surface area contributed by atoms with Crippen molar-refractivity contribution in [1.82, 2.24) is 9.97 Å². The first-order chi connectivity index (χ1) is 4.88. The summed E-state index contributed by atoms with van der Waals surface area (Å²) in [5, 5.41) is 10.8. The van der Waals surface area contributed by atoms with Crippen LogP contribution in [0.3, 0.4) is 0 Å². The van der Waals surface area contributed by atoms with Gasteiger partial charge in [-0.05, 0) is 12.1 Å². The van der Waals surface area contributed by atoms with Gasteiger partial charge in [0.15, 0.2) is 5.52 Å². The molecule has 0 unspecified atom stereocenters. The van der Waals surface area contributed by atoms with Crippen LogP contribution in [0.15, 0.2) is 24.7 Å². The minimum Gasteiger partial charge on any atom is -0.710 e. The number of hydrogen-bond donors (Lipinski definition) is 1. The molecular weight excluding hydrogens is 130 g/mol. The molecule has 4 nitrogen and oxygen atoms in total. The maximum Gasteiger partial charge on any atom is 0.266 e. The van der Waals surface area contributed by atoms with Gasteiger partial charge in [-0.2, -0.15) is 0 Å².